The van der Waals surface area contributed by atoms with Gasteiger partial charge in [-0.15, -0.1) is 0 Å². The number of hydrogen-bond acceptors (Lipinski definition) is 4. The molecule has 0 bridgehead atoms. The van der Waals surface area contributed by atoms with E-state index in [9.17, 15) is 4.79 Å². The summed E-state index contributed by atoms with van der Waals surface area (Å²) in [5.74, 6) is 0.0507. The van der Waals surface area contributed by atoms with E-state index in [1.165, 1.54) is 28.6 Å². The summed E-state index contributed by atoms with van der Waals surface area (Å²) in [6, 6.07) is 16.6. The smallest absolute Gasteiger partial charge is 0.410 e. The molecule has 1 aliphatic heterocycles. The van der Waals surface area contributed by atoms with Crippen LogP contribution >= 0.6 is 11.6 Å². The quantitative estimate of drug-likeness (QED) is 0.621. The van der Waals surface area contributed by atoms with E-state index in [-0.39, 0.29) is 12.0 Å². The average Bonchev–Trinajstić information content (AvgIpc) is 3.27. The number of rotatable bonds is 2. The van der Waals surface area contributed by atoms with Crippen LogP contribution in [0.2, 0.25) is 5.15 Å². The molecule has 0 N–H and O–H groups in total. The van der Waals surface area contributed by atoms with Crippen LogP contribution in [0, 0.1) is 0 Å². The number of carbonyl (C=O) groups excluding carboxylic acids is 1. The van der Waals surface area contributed by atoms with E-state index >= 15 is 0 Å². The molecule has 1 aliphatic carbocycles. The number of fused-ring (bicyclic) bond motifs is 4. The summed E-state index contributed by atoms with van der Waals surface area (Å²) in [6.07, 6.45) is 1.06. The van der Waals surface area contributed by atoms with Crippen molar-refractivity contribution in [2.45, 2.75) is 19.0 Å². The number of carbonyl (C=O) groups is 1. The first-order valence-corrected chi connectivity index (χ1v) is 9.18. The highest BCUT2D eigenvalue weighted by atomic mass is 35.5. The highest BCUT2D eigenvalue weighted by molar-refractivity contribution is 6.30. The van der Waals surface area contributed by atoms with E-state index in [1.807, 2.05) is 24.3 Å². The lowest BCUT2D eigenvalue weighted by Gasteiger charge is -2.18. The molecule has 5 rings (SSSR count). The van der Waals surface area contributed by atoms with Gasteiger partial charge in [0.25, 0.3) is 0 Å². The topological polar surface area (TPSA) is 55.3 Å². The number of ether oxygens (including phenoxy) is 1. The summed E-state index contributed by atoms with van der Waals surface area (Å²) in [4.78, 5) is 22.4. The van der Waals surface area contributed by atoms with Crippen LogP contribution in [-0.2, 0) is 17.8 Å². The van der Waals surface area contributed by atoms with E-state index in [1.54, 1.807) is 4.90 Å². The second kappa shape index (κ2) is 6.35. The second-order valence-electron chi connectivity index (χ2n) is 6.75. The van der Waals surface area contributed by atoms with Crippen molar-refractivity contribution in [2.24, 2.45) is 0 Å². The van der Waals surface area contributed by atoms with Gasteiger partial charge in [-0.25, -0.2) is 14.8 Å². The highest BCUT2D eigenvalue weighted by Crippen LogP contribution is 2.44. The summed E-state index contributed by atoms with van der Waals surface area (Å²) in [7, 11) is 0. The summed E-state index contributed by atoms with van der Waals surface area (Å²) >= 11 is 6.10. The molecular weight excluding hydrogens is 362 g/mol. The van der Waals surface area contributed by atoms with E-state index in [4.69, 9.17) is 16.3 Å². The van der Waals surface area contributed by atoms with Crippen molar-refractivity contribution in [1.29, 1.82) is 0 Å². The van der Waals surface area contributed by atoms with Crippen molar-refractivity contribution >= 4 is 17.7 Å². The third-order valence-electron chi connectivity index (χ3n) is 5.27. The molecule has 134 valence electrons. The number of halogens is 1. The third kappa shape index (κ3) is 2.66. The van der Waals surface area contributed by atoms with E-state index in [0.717, 1.165) is 11.3 Å². The maximum absolute atomic E-state index is 12.6. The Labute approximate surface area is 161 Å². The first kappa shape index (κ1) is 16.3. The zero-order valence-corrected chi connectivity index (χ0v) is 15.2. The number of hydrogen-bond donors (Lipinski definition) is 0. The number of aromatic nitrogens is 2. The molecule has 0 saturated heterocycles. The van der Waals surface area contributed by atoms with Gasteiger partial charge in [-0.3, -0.25) is 4.90 Å². The molecule has 0 atom stereocenters. The molecule has 5 nitrogen and oxygen atoms in total. The van der Waals surface area contributed by atoms with Crippen molar-refractivity contribution in [2.75, 3.05) is 6.61 Å². The molecule has 1 amide bonds. The number of benzene rings is 2. The Morgan fingerprint density at radius 2 is 1.70 bits per heavy atom. The first-order valence-electron chi connectivity index (χ1n) is 8.80. The fourth-order valence-electron chi connectivity index (χ4n) is 3.96. The summed E-state index contributed by atoms with van der Waals surface area (Å²) in [5.41, 5.74) is 6.40. The van der Waals surface area contributed by atoms with Crippen molar-refractivity contribution in [3.63, 3.8) is 0 Å². The van der Waals surface area contributed by atoms with E-state index in [0.29, 0.717) is 24.8 Å². The van der Waals surface area contributed by atoms with Gasteiger partial charge in [0.2, 0.25) is 0 Å². The Bertz CT molecular complexity index is 1010. The van der Waals surface area contributed by atoms with Crippen LogP contribution in [-0.4, -0.2) is 27.6 Å². The molecule has 27 heavy (non-hydrogen) atoms. The fraction of sp³-hybridized carbons (Fsp3) is 0.190. The Balaban J connectivity index is 1.34. The van der Waals surface area contributed by atoms with Gasteiger partial charge in [0.1, 0.15) is 18.1 Å². The minimum Gasteiger partial charge on any atom is -0.448 e. The molecular formula is C21H16ClN3O2. The zero-order valence-electron chi connectivity index (χ0n) is 14.4. The van der Waals surface area contributed by atoms with Crippen LogP contribution in [0.5, 0.6) is 0 Å². The maximum Gasteiger partial charge on any atom is 0.410 e. The predicted molar refractivity (Wildman–Crippen MR) is 101 cm³/mol. The average molecular weight is 378 g/mol. The Morgan fingerprint density at radius 1 is 1.04 bits per heavy atom. The zero-order chi connectivity index (χ0) is 18.4. The van der Waals surface area contributed by atoms with Gasteiger partial charge in [0.15, 0.2) is 0 Å². The van der Waals surface area contributed by atoms with Crippen LogP contribution in [0.4, 0.5) is 4.79 Å². The molecule has 3 aromatic rings. The van der Waals surface area contributed by atoms with Gasteiger partial charge in [-0.1, -0.05) is 60.1 Å². The van der Waals surface area contributed by atoms with Gasteiger partial charge in [0, 0.05) is 11.5 Å². The van der Waals surface area contributed by atoms with Crippen molar-refractivity contribution < 1.29 is 9.53 Å². The molecule has 0 spiro atoms. The summed E-state index contributed by atoms with van der Waals surface area (Å²) in [5, 5.41) is 0.397. The second-order valence-corrected chi connectivity index (χ2v) is 7.11. The fourth-order valence-corrected chi connectivity index (χ4v) is 4.17. The van der Waals surface area contributed by atoms with Crippen molar-refractivity contribution in [1.82, 2.24) is 14.9 Å². The number of amides is 1. The largest absolute Gasteiger partial charge is 0.448 e. The van der Waals surface area contributed by atoms with Crippen LogP contribution < -0.4 is 0 Å². The lowest BCUT2D eigenvalue weighted by atomic mass is 9.98. The van der Waals surface area contributed by atoms with E-state index < -0.39 is 0 Å². The van der Waals surface area contributed by atoms with Crippen molar-refractivity contribution in [3.8, 4) is 11.1 Å². The Hall–Kier alpha value is -2.92. The molecule has 6 heteroatoms. The van der Waals surface area contributed by atoms with Gasteiger partial charge in [-0.2, -0.15) is 0 Å². The van der Waals surface area contributed by atoms with Gasteiger partial charge < -0.3 is 4.74 Å². The highest BCUT2D eigenvalue weighted by Gasteiger charge is 2.31. The monoisotopic (exact) mass is 377 g/mol. The lowest BCUT2D eigenvalue weighted by molar-refractivity contribution is 0.0988. The van der Waals surface area contributed by atoms with Gasteiger partial charge in [-0.05, 0) is 22.3 Å². The molecule has 1 aromatic heterocycles. The van der Waals surface area contributed by atoms with Crippen molar-refractivity contribution in [3.05, 3.63) is 82.4 Å². The molecule has 0 saturated carbocycles. The molecule has 0 unspecified atom stereocenters. The predicted octanol–water partition coefficient (Wildman–Crippen LogP) is 4.39. The maximum atomic E-state index is 12.6. The normalized spacial score (nSPS) is 14.6. The molecule has 2 aliphatic rings. The molecule has 2 heterocycles. The minimum absolute atomic E-state index is 0.0507. The summed E-state index contributed by atoms with van der Waals surface area (Å²) in [6.45, 7) is 1.08. The lowest BCUT2D eigenvalue weighted by Crippen LogP contribution is -2.27. The number of nitrogens with zero attached hydrogens (tertiary/aromatic N) is 3. The Kier molecular flexibility index (Phi) is 3.83. The summed E-state index contributed by atoms with van der Waals surface area (Å²) < 4.78 is 5.69. The third-order valence-corrected chi connectivity index (χ3v) is 5.59. The standard InChI is InChI=1S/C21H16ClN3O2/c22-20-17-9-25(10-19(17)23-12-24-20)21(26)27-11-18-15-7-3-1-5-13(15)14-6-2-4-8-16(14)18/h1-8,12,18H,9-11H2. The molecule has 0 fully saturated rings. The van der Waals surface area contributed by atoms with Crippen LogP contribution in [0.1, 0.15) is 28.3 Å². The van der Waals surface area contributed by atoms with Crippen LogP contribution in [0.3, 0.4) is 0 Å². The first-order chi connectivity index (χ1) is 13.2. The van der Waals surface area contributed by atoms with E-state index in [2.05, 4.69) is 34.2 Å². The van der Waals surface area contributed by atoms with Gasteiger partial charge >= 0.3 is 6.09 Å². The minimum atomic E-state index is -0.356. The SMILES string of the molecule is O=C(OCC1c2ccccc2-c2ccccc21)N1Cc2ncnc(Cl)c2C1. The van der Waals surface area contributed by atoms with Gasteiger partial charge in [0.05, 0.1) is 18.8 Å². The van der Waals surface area contributed by atoms with Crippen LogP contribution in [0.15, 0.2) is 54.9 Å². The molecule has 0 radical (unpaired) electrons. The Morgan fingerprint density at radius 3 is 2.37 bits per heavy atom. The van der Waals surface area contributed by atoms with Crippen LogP contribution in [0.25, 0.3) is 11.1 Å². The molecule has 2 aromatic carbocycles.